The highest BCUT2D eigenvalue weighted by Crippen LogP contribution is 2.42. The first-order valence-electron chi connectivity index (χ1n) is 7.58. The van der Waals surface area contributed by atoms with Crippen molar-refractivity contribution in [3.05, 3.63) is 64.2 Å². The van der Waals surface area contributed by atoms with Gasteiger partial charge in [-0.1, -0.05) is 36.4 Å². The van der Waals surface area contributed by atoms with Crippen molar-refractivity contribution in [2.24, 2.45) is 10.2 Å². The molecule has 0 fully saturated rings. The first kappa shape index (κ1) is 18.4. The quantitative estimate of drug-likeness (QED) is 0.293. The SMILES string of the molecule is Cc1cccc([N+](=O)[O-])c1N=Nc1c(O)c(S(=O)(=O)O)cc2ccccc12. The van der Waals surface area contributed by atoms with E-state index < -0.39 is 25.7 Å². The van der Waals surface area contributed by atoms with Gasteiger partial charge in [-0.2, -0.15) is 8.42 Å². The minimum absolute atomic E-state index is 0.0248. The third-order valence-corrected chi connectivity index (χ3v) is 4.77. The van der Waals surface area contributed by atoms with Crippen LogP contribution in [0.15, 0.2) is 63.7 Å². The fourth-order valence-electron chi connectivity index (χ4n) is 2.61. The fraction of sp³-hybridized carbons (Fsp3) is 0.0588. The van der Waals surface area contributed by atoms with E-state index in [1.807, 2.05) is 0 Å². The third-order valence-electron chi connectivity index (χ3n) is 3.90. The Morgan fingerprint density at radius 3 is 2.37 bits per heavy atom. The lowest BCUT2D eigenvalue weighted by atomic mass is 10.1. The maximum absolute atomic E-state index is 11.6. The van der Waals surface area contributed by atoms with Gasteiger partial charge in [0.25, 0.3) is 15.8 Å². The van der Waals surface area contributed by atoms with Crippen LogP contribution in [0.4, 0.5) is 17.1 Å². The van der Waals surface area contributed by atoms with Gasteiger partial charge in [0.15, 0.2) is 11.4 Å². The van der Waals surface area contributed by atoms with Crippen LogP contribution in [0.5, 0.6) is 5.75 Å². The van der Waals surface area contributed by atoms with Crippen molar-refractivity contribution in [1.29, 1.82) is 0 Å². The number of phenols is 1. The molecule has 0 unspecified atom stereocenters. The number of fused-ring (bicyclic) bond motifs is 1. The zero-order valence-corrected chi connectivity index (χ0v) is 14.7. The number of aryl methyl sites for hydroxylation is 1. The van der Waals surface area contributed by atoms with Crippen molar-refractivity contribution < 1.29 is 23.0 Å². The molecule has 3 rings (SSSR count). The van der Waals surface area contributed by atoms with E-state index in [1.165, 1.54) is 12.1 Å². The number of nitrogens with zero attached hydrogens (tertiary/aromatic N) is 3. The molecule has 0 radical (unpaired) electrons. The van der Waals surface area contributed by atoms with E-state index in [9.17, 15) is 28.2 Å². The summed E-state index contributed by atoms with van der Waals surface area (Å²) in [6, 6.07) is 11.9. The van der Waals surface area contributed by atoms with E-state index in [0.717, 1.165) is 6.07 Å². The number of phenolic OH excluding ortho intramolecular Hbond substituents is 1. The first-order chi connectivity index (χ1) is 12.7. The zero-order chi connectivity index (χ0) is 19.8. The van der Waals surface area contributed by atoms with Gasteiger partial charge in [-0.15, -0.1) is 10.2 Å². The van der Waals surface area contributed by atoms with Crippen LogP contribution < -0.4 is 0 Å². The number of benzene rings is 3. The molecule has 0 saturated carbocycles. The van der Waals surface area contributed by atoms with Crippen LogP contribution in [-0.2, 0) is 10.1 Å². The second-order valence-corrected chi connectivity index (χ2v) is 7.06. The average molecular weight is 387 g/mol. The number of aromatic hydroxyl groups is 1. The summed E-state index contributed by atoms with van der Waals surface area (Å²) in [6.45, 7) is 1.61. The number of nitro groups is 1. The second-order valence-electron chi connectivity index (χ2n) is 5.67. The zero-order valence-electron chi connectivity index (χ0n) is 13.9. The summed E-state index contributed by atoms with van der Waals surface area (Å²) in [5.74, 6) is -0.795. The Kier molecular flexibility index (Phi) is 4.60. The Morgan fingerprint density at radius 1 is 1.04 bits per heavy atom. The molecular weight excluding hydrogens is 374 g/mol. The molecule has 0 heterocycles. The van der Waals surface area contributed by atoms with E-state index in [0.29, 0.717) is 16.3 Å². The van der Waals surface area contributed by atoms with E-state index in [1.54, 1.807) is 37.3 Å². The highest BCUT2D eigenvalue weighted by molar-refractivity contribution is 7.86. The lowest BCUT2D eigenvalue weighted by molar-refractivity contribution is -0.384. The lowest BCUT2D eigenvalue weighted by Gasteiger charge is -2.08. The minimum Gasteiger partial charge on any atom is -0.504 e. The van der Waals surface area contributed by atoms with Crippen molar-refractivity contribution in [3.63, 3.8) is 0 Å². The summed E-state index contributed by atoms with van der Waals surface area (Å²) in [7, 11) is -4.72. The Bertz CT molecular complexity index is 1200. The van der Waals surface area contributed by atoms with E-state index in [-0.39, 0.29) is 17.1 Å². The van der Waals surface area contributed by atoms with Crippen molar-refractivity contribution >= 4 is 38.0 Å². The first-order valence-corrected chi connectivity index (χ1v) is 9.02. The molecule has 2 N–H and O–H groups in total. The average Bonchev–Trinajstić information content (AvgIpc) is 2.60. The molecule has 0 aliphatic rings. The van der Waals surface area contributed by atoms with Gasteiger partial charge in [0.05, 0.1) is 4.92 Å². The predicted octanol–water partition coefficient (Wildman–Crippen LogP) is 4.42. The molecule has 0 bridgehead atoms. The molecule has 0 atom stereocenters. The number of nitro benzene ring substituents is 1. The highest BCUT2D eigenvalue weighted by atomic mass is 32.2. The molecule has 0 aromatic heterocycles. The number of hydrogen-bond donors (Lipinski definition) is 2. The van der Waals surface area contributed by atoms with Gasteiger partial charge in [0.2, 0.25) is 0 Å². The van der Waals surface area contributed by atoms with Crippen LogP contribution in [-0.4, -0.2) is 23.0 Å². The molecule has 3 aromatic rings. The van der Waals surface area contributed by atoms with Crippen molar-refractivity contribution in [3.8, 4) is 5.75 Å². The third kappa shape index (κ3) is 3.48. The molecule has 10 heteroatoms. The van der Waals surface area contributed by atoms with Gasteiger partial charge in [-0.3, -0.25) is 14.7 Å². The van der Waals surface area contributed by atoms with Gasteiger partial charge >= 0.3 is 0 Å². The van der Waals surface area contributed by atoms with Crippen LogP contribution in [0.3, 0.4) is 0 Å². The normalized spacial score (nSPS) is 11.9. The van der Waals surface area contributed by atoms with Crippen molar-refractivity contribution in [2.75, 3.05) is 0 Å². The molecule has 9 nitrogen and oxygen atoms in total. The van der Waals surface area contributed by atoms with E-state index >= 15 is 0 Å². The van der Waals surface area contributed by atoms with Crippen LogP contribution >= 0.6 is 0 Å². The molecule has 0 aliphatic heterocycles. The van der Waals surface area contributed by atoms with Gasteiger partial charge in [0.1, 0.15) is 10.6 Å². The van der Waals surface area contributed by atoms with Gasteiger partial charge in [-0.05, 0) is 23.9 Å². The van der Waals surface area contributed by atoms with Gasteiger partial charge < -0.3 is 5.11 Å². The summed E-state index contributed by atoms with van der Waals surface area (Å²) < 4.78 is 32.5. The molecule has 138 valence electrons. The summed E-state index contributed by atoms with van der Waals surface area (Å²) >= 11 is 0. The number of hydrogen-bond acceptors (Lipinski definition) is 7. The maximum Gasteiger partial charge on any atom is 0.298 e. The van der Waals surface area contributed by atoms with E-state index in [4.69, 9.17) is 0 Å². The van der Waals surface area contributed by atoms with Crippen molar-refractivity contribution in [1.82, 2.24) is 0 Å². The van der Waals surface area contributed by atoms with Crippen LogP contribution in [0, 0.1) is 17.0 Å². The summed E-state index contributed by atoms with van der Waals surface area (Å²) in [5.41, 5.74) is -0.0577. The van der Waals surface area contributed by atoms with Crippen molar-refractivity contribution in [2.45, 2.75) is 11.8 Å². The Balaban J connectivity index is 2.29. The molecule has 0 spiro atoms. The number of rotatable bonds is 4. The monoisotopic (exact) mass is 387 g/mol. The number of azo groups is 1. The molecule has 0 aliphatic carbocycles. The van der Waals surface area contributed by atoms with Crippen LogP contribution in [0.1, 0.15) is 5.56 Å². The van der Waals surface area contributed by atoms with Crippen LogP contribution in [0.2, 0.25) is 0 Å². The van der Waals surface area contributed by atoms with Crippen LogP contribution in [0.25, 0.3) is 10.8 Å². The predicted molar refractivity (Wildman–Crippen MR) is 97.4 cm³/mol. The van der Waals surface area contributed by atoms with E-state index in [2.05, 4.69) is 10.2 Å². The summed E-state index contributed by atoms with van der Waals surface area (Å²) in [4.78, 5) is 9.85. The Labute approximate surface area is 153 Å². The molecule has 3 aromatic carbocycles. The largest absolute Gasteiger partial charge is 0.504 e. The maximum atomic E-state index is 11.6. The second kappa shape index (κ2) is 6.74. The van der Waals surface area contributed by atoms with Gasteiger partial charge in [0, 0.05) is 11.5 Å². The molecule has 0 saturated heterocycles. The summed E-state index contributed by atoms with van der Waals surface area (Å²) in [6.07, 6.45) is 0. The fourth-order valence-corrected chi connectivity index (χ4v) is 3.23. The topological polar surface area (TPSA) is 142 Å². The Hall–Kier alpha value is -3.37. The molecule has 27 heavy (non-hydrogen) atoms. The smallest absolute Gasteiger partial charge is 0.298 e. The summed E-state index contributed by atoms with van der Waals surface area (Å²) in [5, 5.41) is 30.0. The molecule has 0 amide bonds. The Morgan fingerprint density at radius 2 is 1.70 bits per heavy atom. The van der Waals surface area contributed by atoms with Gasteiger partial charge in [-0.25, -0.2) is 0 Å². The molecular formula is C17H13N3O6S. The minimum atomic E-state index is -4.72. The standard InChI is InChI=1S/C17H13N3O6S/c1-10-5-4-8-13(20(22)23)15(10)18-19-16-12-7-3-2-6-11(12)9-14(17(16)21)27(24,25)26/h2-9,21H,1H3,(H,24,25,26). The highest BCUT2D eigenvalue weighted by Gasteiger charge is 2.22. The lowest BCUT2D eigenvalue weighted by Crippen LogP contribution is -1.98.